The molecule has 0 bridgehead atoms. The Morgan fingerprint density at radius 3 is 2.76 bits per heavy atom. The molecule has 2 aromatic carbocycles. The van der Waals surface area contributed by atoms with E-state index < -0.39 is 0 Å². The number of carbonyl (C=O) groups is 1. The van der Waals surface area contributed by atoms with E-state index in [4.69, 9.17) is 9.57 Å². The minimum atomic E-state index is -0.370. The topological polar surface area (TPSA) is 62.8 Å². The lowest BCUT2D eigenvalue weighted by atomic mass is 9.90. The van der Waals surface area contributed by atoms with Crippen LogP contribution in [0.15, 0.2) is 54.6 Å². The summed E-state index contributed by atoms with van der Waals surface area (Å²) in [6, 6.07) is 16.0. The highest BCUT2D eigenvalue weighted by atomic mass is 16.7. The monoisotopic (exact) mass is 393 g/mol. The maximum absolute atomic E-state index is 12.6. The third kappa shape index (κ3) is 4.22. The number of urea groups is 1. The molecular formula is C23H27N3O3. The van der Waals surface area contributed by atoms with Crippen LogP contribution in [0.5, 0.6) is 5.75 Å². The van der Waals surface area contributed by atoms with Crippen molar-refractivity contribution in [3.05, 3.63) is 71.3 Å². The summed E-state index contributed by atoms with van der Waals surface area (Å²) in [5, 5.41) is 3.04. The molecule has 152 valence electrons. The third-order valence-corrected chi connectivity index (χ3v) is 5.74. The predicted molar refractivity (Wildman–Crippen MR) is 112 cm³/mol. The van der Waals surface area contributed by atoms with Crippen molar-refractivity contribution in [2.45, 2.75) is 31.9 Å². The van der Waals surface area contributed by atoms with Crippen LogP contribution in [0.25, 0.3) is 5.70 Å². The van der Waals surface area contributed by atoms with E-state index in [0.717, 1.165) is 35.4 Å². The van der Waals surface area contributed by atoms with Gasteiger partial charge in [0.05, 0.1) is 12.8 Å². The minimum Gasteiger partial charge on any atom is -0.497 e. The number of benzene rings is 2. The molecule has 0 atom stereocenters. The summed E-state index contributed by atoms with van der Waals surface area (Å²) < 4.78 is 5.31. The first-order valence-corrected chi connectivity index (χ1v) is 9.97. The number of methoxy groups -OCH3 is 1. The first kappa shape index (κ1) is 19.3. The van der Waals surface area contributed by atoms with Gasteiger partial charge in [0.1, 0.15) is 11.4 Å². The van der Waals surface area contributed by atoms with Crippen LogP contribution in [0.2, 0.25) is 0 Å². The van der Waals surface area contributed by atoms with Crippen LogP contribution in [0.4, 0.5) is 4.79 Å². The van der Waals surface area contributed by atoms with Crippen molar-refractivity contribution < 1.29 is 14.4 Å². The van der Waals surface area contributed by atoms with Gasteiger partial charge in [-0.2, -0.15) is 0 Å². The van der Waals surface area contributed by atoms with Gasteiger partial charge in [0.2, 0.25) is 0 Å². The van der Waals surface area contributed by atoms with Crippen LogP contribution in [-0.4, -0.2) is 36.7 Å². The number of hydrogen-bond acceptors (Lipinski definition) is 4. The second kappa shape index (κ2) is 8.17. The first-order chi connectivity index (χ1) is 14.1. The Labute approximate surface area is 171 Å². The fraction of sp³-hybridized carbons (Fsp3) is 0.348. The average Bonchev–Trinajstić information content (AvgIpc) is 3.17. The van der Waals surface area contributed by atoms with E-state index in [9.17, 15) is 4.79 Å². The SMILES string of the molecule is COc1cccc(C2=CC3(CCN(C(=O)NCc4ccccc4C)CC3)ON2)c1. The molecule has 2 aliphatic rings. The molecule has 0 unspecified atom stereocenters. The van der Waals surface area contributed by atoms with Gasteiger partial charge in [0.15, 0.2) is 0 Å². The normalized spacial score (nSPS) is 17.6. The van der Waals surface area contributed by atoms with Gasteiger partial charge < -0.3 is 15.0 Å². The summed E-state index contributed by atoms with van der Waals surface area (Å²) in [5.74, 6) is 0.811. The van der Waals surface area contributed by atoms with E-state index in [2.05, 4.69) is 29.9 Å². The van der Waals surface area contributed by atoms with Crippen LogP contribution < -0.4 is 15.5 Å². The summed E-state index contributed by atoms with van der Waals surface area (Å²) >= 11 is 0. The highest BCUT2D eigenvalue weighted by Crippen LogP contribution is 2.35. The number of ether oxygens (including phenoxy) is 1. The Morgan fingerprint density at radius 2 is 2.00 bits per heavy atom. The quantitative estimate of drug-likeness (QED) is 0.833. The zero-order valence-electron chi connectivity index (χ0n) is 16.9. The van der Waals surface area contributed by atoms with E-state index in [-0.39, 0.29) is 11.6 Å². The Morgan fingerprint density at radius 1 is 1.21 bits per heavy atom. The van der Waals surface area contributed by atoms with Crippen molar-refractivity contribution in [2.75, 3.05) is 20.2 Å². The fourth-order valence-electron chi connectivity index (χ4n) is 3.84. The maximum atomic E-state index is 12.6. The number of carbonyl (C=O) groups excluding carboxylic acids is 1. The zero-order valence-corrected chi connectivity index (χ0v) is 16.9. The number of piperidine rings is 1. The van der Waals surface area contributed by atoms with Crippen molar-refractivity contribution in [1.29, 1.82) is 0 Å². The summed E-state index contributed by atoms with van der Waals surface area (Å²) in [6.07, 6.45) is 3.65. The molecule has 0 saturated carbocycles. The van der Waals surface area contributed by atoms with Gasteiger partial charge in [-0.05, 0) is 36.3 Å². The van der Waals surface area contributed by atoms with Gasteiger partial charge in [-0.3, -0.25) is 10.3 Å². The molecule has 2 heterocycles. The van der Waals surface area contributed by atoms with Crippen molar-refractivity contribution in [2.24, 2.45) is 0 Å². The lowest BCUT2D eigenvalue weighted by Crippen LogP contribution is -2.49. The van der Waals surface area contributed by atoms with Crippen LogP contribution >= 0.6 is 0 Å². The molecule has 1 spiro atoms. The first-order valence-electron chi connectivity index (χ1n) is 9.97. The lowest BCUT2D eigenvalue weighted by molar-refractivity contribution is -0.0639. The Kier molecular flexibility index (Phi) is 5.45. The highest BCUT2D eigenvalue weighted by Gasteiger charge is 2.39. The molecule has 2 aromatic rings. The molecule has 0 aliphatic carbocycles. The van der Waals surface area contributed by atoms with Crippen molar-refractivity contribution in [3.8, 4) is 5.75 Å². The number of nitrogens with one attached hydrogen (secondary N) is 2. The second-order valence-corrected chi connectivity index (χ2v) is 7.63. The molecule has 2 amide bonds. The second-order valence-electron chi connectivity index (χ2n) is 7.63. The predicted octanol–water partition coefficient (Wildman–Crippen LogP) is 3.62. The van der Waals surface area contributed by atoms with E-state index in [1.807, 2.05) is 47.4 Å². The molecule has 0 radical (unpaired) electrons. The van der Waals surface area contributed by atoms with Gasteiger partial charge >= 0.3 is 6.03 Å². The van der Waals surface area contributed by atoms with Crippen LogP contribution in [0.1, 0.15) is 29.5 Å². The molecule has 1 saturated heterocycles. The molecule has 4 rings (SSSR count). The number of likely N-dealkylation sites (tertiary alicyclic amines) is 1. The molecule has 29 heavy (non-hydrogen) atoms. The molecule has 1 fully saturated rings. The maximum Gasteiger partial charge on any atom is 0.317 e. The van der Waals surface area contributed by atoms with Gasteiger partial charge in [0.25, 0.3) is 0 Å². The van der Waals surface area contributed by atoms with Gasteiger partial charge in [-0.25, -0.2) is 4.79 Å². The number of amides is 2. The number of hydrogen-bond donors (Lipinski definition) is 2. The molecule has 2 aliphatic heterocycles. The van der Waals surface area contributed by atoms with Gasteiger partial charge in [0, 0.05) is 38.0 Å². The number of rotatable bonds is 4. The Balaban J connectivity index is 1.34. The van der Waals surface area contributed by atoms with Crippen molar-refractivity contribution >= 4 is 11.7 Å². The molecular weight excluding hydrogens is 366 g/mol. The molecule has 6 heteroatoms. The van der Waals surface area contributed by atoms with E-state index in [1.165, 1.54) is 5.56 Å². The Hall–Kier alpha value is -2.99. The minimum absolute atomic E-state index is 0.0222. The van der Waals surface area contributed by atoms with E-state index in [1.54, 1.807) is 7.11 Å². The average molecular weight is 393 g/mol. The number of aryl methyl sites for hydroxylation is 1. The van der Waals surface area contributed by atoms with Crippen molar-refractivity contribution in [3.63, 3.8) is 0 Å². The summed E-state index contributed by atoms with van der Waals surface area (Å²) in [4.78, 5) is 20.4. The van der Waals surface area contributed by atoms with Gasteiger partial charge in [-0.1, -0.05) is 36.4 Å². The fourth-order valence-corrected chi connectivity index (χ4v) is 3.84. The van der Waals surface area contributed by atoms with Crippen LogP contribution in [-0.2, 0) is 11.4 Å². The summed E-state index contributed by atoms with van der Waals surface area (Å²) in [5.41, 5.74) is 7.00. The number of nitrogens with zero attached hydrogens (tertiary/aromatic N) is 1. The lowest BCUT2D eigenvalue weighted by Gasteiger charge is -2.36. The summed E-state index contributed by atoms with van der Waals surface area (Å²) in [6.45, 7) is 3.92. The van der Waals surface area contributed by atoms with Gasteiger partial charge in [-0.15, -0.1) is 0 Å². The number of hydroxylamine groups is 1. The zero-order chi connectivity index (χ0) is 20.3. The Bertz CT molecular complexity index is 917. The largest absolute Gasteiger partial charge is 0.497 e. The van der Waals surface area contributed by atoms with Crippen LogP contribution in [0, 0.1) is 6.92 Å². The molecule has 0 aromatic heterocycles. The van der Waals surface area contributed by atoms with Crippen molar-refractivity contribution in [1.82, 2.24) is 15.7 Å². The van der Waals surface area contributed by atoms with E-state index in [0.29, 0.717) is 19.6 Å². The standard InChI is InChI=1S/C23H27N3O3/c1-17-6-3-4-7-19(17)16-24-22(27)26-12-10-23(11-13-26)15-21(25-29-23)18-8-5-9-20(14-18)28-2/h3-9,14-15,25H,10-13,16H2,1-2H3,(H,24,27). The molecule has 2 N–H and O–H groups in total. The van der Waals surface area contributed by atoms with Crippen LogP contribution in [0.3, 0.4) is 0 Å². The van der Waals surface area contributed by atoms with E-state index >= 15 is 0 Å². The summed E-state index contributed by atoms with van der Waals surface area (Å²) in [7, 11) is 1.66. The highest BCUT2D eigenvalue weighted by molar-refractivity contribution is 5.74. The third-order valence-electron chi connectivity index (χ3n) is 5.74. The molecule has 6 nitrogen and oxygen atoms in total. The smallest absolute Gasteiger partial charge is 0.317 e.